The fraction of sp³-hybridized carbons (Fsp3) is 0.500. The Labute approximate surface area is 98.0 Å². The molecule has 2 heterocycles. The van der Waals surface area contributed by atoms with Gasteiger partial charge in [-0.15, -0.1) is 0 Å². The molecule has 0 bridgehead atoms. The molecule has 2 rings (SSSR count). The van der Waals surface area contributed by atoms with E-state index in [1.807, 2.05) is 13.0 Å². The highest BCUT2D eigenvalue weighted by Gasteiger charge is 2.17. The van der Waals surface area contributed by atoms with E-state index in [1.54, 1.807) is 0 Å². The summed E-state index contributed by atoms with van der Waals surface area (Å²) in [6, 6.07) is 4.23. The molecule has 16 heavy (non-hydrogen) atoms. The van der Waals surface area contributed by atoms with Crippen molar-refractivity contribution >= 4 is 11.9 Å². The first-order valence-electron chi connectivity index (χ1n) is 6.05. The van der Waals surface area contributed by atoms with Gasteiger partial charge in [0.1, 0.15) is 5.82 Å². The number of hydrogen-bond acceptors (Lipinski definition) is 2. The maximum Gasteiger partial charge on any atom is 0.128 e. The lowest BCUT2D eigenvalue weighted by atomic mass is 10.0. The molecule has 1 fully saturated rings. The van der Waals surface area contributed by atoms with Crippen LogP contribution in [0, 0.1) is 12.8 Å². The van der Waals surface area contributed by atoms with Gasteiger partial charge in [0.15, 0.2) is 0 Å². The molecule has 2 heteroatoms. The van der Waals surface area contributed by atoms with E-state index >= 15 is 0 Å². The molecule has 0 saturated carbocycles. The minimum atomic E-state index is 0.787. The second-order valence-corrected chi connectivity index (χ2v) is 4.74. The quantitative estimate of drug-likeness (QED) is 0.754. The summed E-state index contributed by atoms with van der Waals surface area (Å²) in [7, 11) is 0. The van der Waals surface area contributed by atoms with E-state index in [4.69, 9.17) is 0 Å². The van der Waals surface area contributed by atoms with E-state index in [-0.39, 0.29) is 0 Å². The predicted molar refractivity (Wildman–Crippen MR) is 69.7 cm³/mol. The first-order valence-corrected chi connectivity index (χ1v) is 6.05. The lowest BCUT2D eigenvalue weighted by molar-refractivity contribution is 0.444. The van der Waals surface area contributed by atoms with Gasteiger partial charge in [-0.1, -0.05) is 19.6 Å². The summed E-state index contributed by atoms with van der Waals surface area (Å²) in [6.45, 7) is 10.4. The molecule has 1 aliphatic heterocycles. The summed E-state index contributed by atoms with van der Waals surface area (Å²) < 4.78 is 0. The largest absolute Gasteiger partial charge is 0.356 e. The van der Waals surface area contributed by atoms with Crippen LogP contribution in [0.3, 0.4) is 0 Å². The van der Waals surface area contributed by atoms with Crippen LogP contribution in [0.15, 0.2) is 18.7 Å². The number of anilines is 1. The highest BCUT2D eigenvalue weighted by atomic mass is 15.2. The number of piperidine rings is 1. The van der Waals surface area contributed by atoms with Crippen molar-refractivity contribution in [3.63, 3.8) is 0 Å². The van der Waals surface area contributed by atoms with E-state index < -0.39 is 0 Å². The molecule has 0 N–H and O–H groups in total. The minimum absolute atomic E-state index is 0.787. The first kappa shape index (κ1) is 11.2. The Morgan fingerprint density at radius 3 is 2.94 bits per heavy atom. The van der Waals surface area contributed by atoms with Gasteiger partial charge in [-0.05, 0) is 43.4 Å². The number of rotatable bonds is 2. The lowest BCUT2D eigenvalue weighted by Gasteiger charge is -2.32. The normalized spacial score (nSPS) is 20.9. The van der Waals surface area contributed by atoms with Gasteiger partial charge in [0.05, 0.1) is 0 Å². The van der Waals surface area contributed by atoms with Gasteiger partial charge in [0.25, 0.3) is 0 Å². The average molecular weight is 216 g/mol. The second kappa shape index (κ2) is 4.69. The number of aryl methyl sites for hydroxylation is 1. The molecule has 0 radical (unpaired) electrons. The molecule has 1 aromatic rings. The van der Waals surface area contributed by atoms with Gasteiger partial charge >= 0.3 is 0 Å². The molecule has 0 amide bonds. The van der Waals surface area contributed by atoms with E-state index in [0.29, 0.717) is 0 Å². The molecule has 86 valence electrons. The minimum Gasteiger partial charge on any atom is -0.356 e. The van der Waals surface area contributed by atoms with Gasteiger partial charge in [0.2, 0.25) is 0 Å². The Morgan fingerprint density at radius 2 is 2.31 bits per heavy atom. The number of pyridine rings is 1. The monoisotopic (exact) mass is 216 g/mol. The number of hydrogen-bond donors (Lipinski definition) is 0. The molecule has 1 unspecified atom stereocenters. The molecule has 2 nitrogen and oxygen atoms in total. The zero-order chi connectivity index (χ0) is 11.5. The van der Waals surface area contributed by atoms with Gasteiger partial charge < -0.3 is 4.90 Å². The topological polar surface area (TPSA) is 16.1 Å². The lowest BCUT2D eigenvalue weighted by Crippen LogP contribution is -2.34. The van der Waals surface area contributed by atoms with Crippen molar-refractivity contribution in [1.82, 2.24) is 4.98 Å². The third kappa shape index (κ3) is 2.26. The van der Waals surface area contributed by atoms with E-state index in [2.05, 4.69) is 35.5 Å². The summed E-state index contributed by atoms with van der Waals surface area (Å²) in [6.07, 6.45) is 4.50. The Morgan fingerprint density at radius 1 is 1.50 bits per heavy atom. The molecule has 0 spiro atoms. The summed E-state index contributed by atoms with van der Waals surface area (Å²) in [5.74, 6) is 1.91. The van der Waals surface area contributed by atoms with Crippen molar-refractivity contribution in [3.8, 4) is 0 Å². The number of aromatic nitrogens is 1. The molecule has 1 atom stereocenters. The van der Waals surface area contributed by atoms with Crippen LogP contribution in [-0.4, -0.2) is 18.1 Å². The Kier molecular flexibility index (Phi) is 3.28. The van der Waals surface area contributed by atoms with Gasteiger partial charge in [-0.3, -0.25) is 0 Å². The summed E-state index contributed by atoms with van der Waals surface area (Å²) in [5.41, 5.74) is 2.21. The third-order valence-electron chi connectivity index (χ3n) is 3.31. The van der Waals surface area contributed by atoms with Crippen molar-refractivity contribution < 1.29 is 0 Å². The van der Waals surface area contributed by atoms with E-state index in [9.17, 15) is 0 Å². The fourth-order valence-corrected chi connectivity index (χ4v) is 2.35. The van der Waals surface area contributed by atoms with Crippen LogP contribution in [0.5, 0.6) is 0 Å². The highest BCUT2D eigenvalue weighted by molar-refractivity contribution is 5.53. The summed E-state index contributed by atoms with van der Waals surface area (Å²) >= 11 is 0. The van der Waals surface area contributed by atoms with Gasteiger partial charge in [-0.25, -0.2) is 4.98 Å². The van der Waals surface area contributed by atoms with Crippen molar-refractivity contribution in [2.24, 2.45) is 5.92 Å². The predicted octanol–water partition coefficient (Wildman–Crippen LogP) is 3.27. The highest BCUT2D eigenvalue weighted by Crippen LogP contribution is 2.22. The van der Waals surface area contributed by atoms with Crippen LogP contribution >= 0.6 is 0 Å². The summed E-state index contributed by atoms with van der Waals surface area (Å²) in [5, 5.41) is 0. The van der Waals surface area contributed by atoms with Crippen LogP contribution in [0.2, 0.25) is 0 Å². The molecule has 0 aromatic carbocycles. The maximum absolute atomic E-state index is 4.66. The van der Waals surface area contributed by atoms with Crippen LogP contribution < -0.4 is 4.90 Å². The first-order chi connectivity index (χ1) is 7.70. The van der Waals surface area contributed by atoms with E-state index in [0.717, 1.165) is 36.1 Å². The Balaban J connectivity index is 2.20. The fourth-order valence-electron chi connectivity index (χ4n) is 2.35. The van der Waals surface area contributed by atoms with Crippen LogP contribution in [0.4, 0.5) is 5.82 Å². The Bertz CT molecular complexity index is 384. The zero-order valence-corrected chi connectivity index (χ0v) is 10.2. The summed E-state index contributed by atoms with van der Waals surface area (Å²) in [4.78, 5) is 7.05. The van der Waals surface area contributed by atoms with Crippen molar-refractivity contribution in [2.45, 2.75) is 26.7 Å². The molecular weight excluding hydrogens is 196 g/mol. The SMILES string of the molecule is C=Cc1ccc(N2CCCC(C)C2)nc1C. The molecule has 0 aliphatic carbocycles. The molecule has 1 aromatic heterocycles. The molecular formula is C14H20N2. The number of nitrogens with zero attached hydrogens (tertiary/aromatic N) is 2. The average Bonchev–Trinajstić information content (AvgIpc) is 2.29. The second-order valence-electron chi connectivity index (χ2n) is 4.74. The smallest absolute Gasteiger partial charge is 0.128 e. The Hall–Kier alpha value is -1.31. The van der Waals surface area contributed by atoms with Crippen LogP contribution in [-0.2, 0) is 0 Å². The molecule has 1 aliphatic rings. The van der Waals surface area contributed by atoms with Crippen molar-refractivity contribution in [3.05, 3.63) is 30.0 Å². The third-order valence-corrected chi connectivity index (χ3v) is 3.31. The molecule has 1 saturated heterocycles. The van der Waals surface area contributed by atoms with Crippen LogP contribution in [0.25, 0.3) is 6.08 Å². The van der Waals surface area contributed by atoms with Gasteiger partial charge in [-0.2, -0.15) is 0 Å². The van der Waals surface area contributed by atoms with Crippen molar-refractivity contribution in [1.29, 1.82) is 0 Å². The van der Waals surface area contributed by atoms with Crippen LogP contribution in [0.1, 0.15) is 31.0 Å². The maximum atomic E-state index is 4.66. The standard InChI is InChI=1S/C14H20N2/c1-4-13-7-8-14(15-12(13)3)16-9-5-6-11(2)10-16/h4,7-8,11H,1,5-6,9-10H2,2-3H3. The van der Waals surface area contributed by atoms with E-state index in [1.165, 1.54) is 12.8 Å². The van der Waals surface area contributed by atoms with Gasteiger partial charge in [0, 0.05) is 18.8 Å². The zero-order valence-electron chi connectivity index (χ0n) is 10.2. The van der Waals surface area contributed by atoms with Crippen molar-refractivity contribution in [2.75, 3.05) is 18.0 Å².